The maximum atomic E-state index is 14.4. The van der Waals surface area contributed by atoms with Crippen molar-refractivity contribution >= 4 is 23.8 Å². The molecule has 0 fully saturated rings. The van der Waals surface area contributed by atoms with Crippen LogP contribution in [0.25, 0.3) is 11.4 Å². The molecule has 4 rings (SSSR count). The van der Waals surface area contributed by atoms with E-state index in [1.807, 2.05) is 0 Å². The summed E-state index contributed by atoms with van der Waals surface area (Å²) in [5.41, 5.74) is 1.05. The molecule has 0 spiro atoms. The van der Waals surface area contributed by atoms with Crippen LogP contribution in [0.4, 0.5) is 52.7 Å². The predicted molar refractivity (Wildman–Crippen MR) is 124 cm³/mol. The third kappa shape index (κ3) is 7.37. The Hall–Kier alpha value is -4.82. The Kier molecular flexibility index (Phi) is 7.60. The zero-order valence-corrected chi connectivity index (χ0v) is 19.1. The summed E-state index contributed by atoms with van der Waals surface area (Å²) in [5.74, 6) is -3.70. The van der Waals surface area contributed by atoms with Gasteiger partial charge in [0.25, 0.3) is 0 Å². The topological polar surface area (TPSA) is 84.3 Å². The standard InChI is InChI=1S/C24H14F8N6O/c25-17-5-2-6-18(26)19(17)20-35-21(34-15-4-1-3-14(11-15)23(27,28)29)37-22(36-20)38-33-12-13-7-9-16(10-8-13)39-24(30,31)32/h1-12H,(H2,34,35,36,37,38). The number of ether oxygens (including phenoxy) is 1. The third-order valence-corrected chi connectivity index (χ3v) is 4.76. The first-order valence-corrected chi connectivity index (χ1v) is 10.7. The van der Waals surface area contributed by atoms with E-state index in [0.717, 1.165) is 48.5 Å². The molecule has 0 aliphatic rings. The van der Waals surface area contributed by atoms with Crippen LogP contribution in [0.1, 0.15) is 11.1 Å². The summed E-state index contributed by atoms with van der Waals surface area (Å²) in [5, 5.41) is 6.37. The average molecular weight is 554 g/mol. The van der Waals surface area contributed by atoms with Crippen LogP contribution in [0.15, 0.2) is 71.8 Å². The van der Waals surface area contributed by atoms with E-state index in [4.69, 9.17) is 0 Å². The highest BCUT2D eigenvalue weighted by atomic mass is 19.4. The lowest BCUT2D eigenvalue weighted by Gasteiger charge is -2.12. The molecule has 0 radical (unpaired) electrons. The monoisotopic (exact) mass is 554 g/mol. The Morgan fingerprint density at radius 2 is 1.41 bits per heavy atom. The van der Waals surface area contributed by atoms with Gasteiger partial charge in [0.1, 0.15) is 17.4 Å². The minimum Gasteiger partial charge on any atom is -0.406 e. The van der Waals surface area contributed by atoms with Gasteiger partial charge in [-0.1, -0.05) is 12.1 Å². The van der Waals surface area contributed by atoms with Crippen molar-refractivity contribution in [3.05, 3.63) is 89.5 Å². The van der Waals surface area contributed by atoms with Gasteiger partial charge in [-0.25, -0.2) is 14.2 Å². The van der Waals surface area contributed by atoms with E-state index in [1.54, 1.807) is 0 Å². The van der Waals surface area contributed by atoms with Crippen molar-refractivity contribution in [1.29, 1.82) is 0 Å². The van der Waals surface area contributed by atoms with Crippen LogP contribution in [-0.2, 0) is 6.18 Å². The lowest BCUT2D eigenvalue weighted by Crippen LogP contribution is -2.17. The zero-order chi connectivity index (χ0) is 28.2. The quantitative estimate of drug-likeness (QED) is 0.147. The Morgan fingerprint density at radius 1 is 0.769 bits per heavy atom. The van der Waals surface area contributed by atoms with Crippen LogP contribution in [-0.4, -0.2) is 27.5 Å². The summed E-state index contributed by atoms with van der Waals surface area (Å²) >= 11 is 0. The first-order valence-electron chi connectivity index (χ1n) is 10.7. The first-order chi connectivity index (χ1) is 18.4. The summed E-state index contributed by atoms with van der Waals surface area (Å²) in [6.45, 7) is 0. The van der Waals surface area contributed by atoms with Gasteiger partial charge >= 0.3 is 12.5 Å². The summed E-state index contributed by atoms with van der Waals surface area (Å²) in [6, 6.07) is 11.7. The normalized spacial score (nSPS) is 12.0. The number of aromatic nitrogens is 3. The van der Waals surface area contributed by atoms with Gasteiger partial charge in [-0.05, 0) is 60.2 Å². The Bertz CT molecular complexity index is 1470. The van der Waals surface area contributed by atoms with Crippen molar-refractivity contribution < 1.29 is 39.9 Å². The molecule has 0 saturated carbocycles. The number of hydrogen-bond acceptors (Lipinski definition) is 7. The van der Waals surface area contributed by atoms with Crippen LogP contribution in [0.3, 0.4) is 0 Å². The summed E-state index contributed by atoms with van der Waals surface area (Å²) in [6.07, 6.45) is -8.31. The van der Waals surface area contributed by atoms with Crippen molar-refractivity contribution in [3.63, 3.8) is 0 Å². The van der Waals surface area contributed by atoms with Gasteiger partial charge in [0.05, 0.1) is 17.3 Å². The Balaban J connectivity index is 1.63. The Labute approximate surface area is 214 Å². The van der Waals surface area contributed by atoms with E-state index < -0.39 is 46.9 Å². The van der Waals surface area contributed by atoms with Crippen LogP contribution in [0.2, 0.25) is 0 Å². The fraction of sp³-hybridized carbons (Fsp3) is 0.0833. The summed E-state index contributed by atoms with van der Waals surface area (Å²) < 4.78 is 109. The second kappa shape index (κ2) is 10.9. The number of hydrazone groups is 1. The molecule has 0 amide bonds. The molecular formula is C24H14F8N6O. The second-order valence-corrected chi connectivity index (χ2v) is 7.59. The highest BCUT2D eigenvalue weighted by Gasteiger charge is 2.31. The third-order valence-electron chi connectivity index (χ3n) is 4.76. The number of anilines is 3. The molecule has 39 heavy (non-hydrogen) atoms. The molecule has 4 aromatic rings. The van der Waals surface area contributed by atoms with Gasteiger partial charge in [0, 0.05) is 5.69 Å². The average Bonchev–Trinajstić information content (AvgIpc) is 2.84. The molecule has 0 atom stereocenters. The number of alkyl halides is 6. The molecule has 15 heteroatoms. The van der Waals surface area contributed by atoms with Crippen molar-refractivity contribution in [1.82, 2.24) is 15.0 Å². The van der Waals surface area contributed by atoms with Gasteiger partial charge < -0.3 is 10.1 Å². The number of nitrogens with zero attached hydrogens (tertiary/aromatic N) is 4. The Morgan fingerprint density at radius 3 is 2.05 bits per heavy atom. The van der Waals surface area contributed by atoms with Crippen molar-refractivity contribution in [3.8, 4) is 17.1 Å². The predicted octanol–water partition coefficient (Wildman–Crippen LogP) is 6.92. The summed E-state index contributed by atoms with van der Waals surface area (Å²) in [4.78, 5) is 11.8. The van der Waals surface area contributed by atoms with Crippen molar-refractivity contribution in [2.75, 3.05) is 10.7 Å². The molecule has 0 aliphatic carbocycles. The fourth-order valence-electron chi connectivity index (χ4n) is 3.13. The minimum absolute atomic E-state index is 0.0772. The van der Waals surface area contributed by atoms with E-state index >= 15 is 0 Å². The molecule has 202 valence electrons. The number of benzene rings is 3. The van der Waals surface area contributed by atoms with Crippen LogP contribution in [0.5, 0.6) is 5.75 Å². The molecule has 1 heterocycles. The van der Waals surface area contributed by atoms with Gasteiger partial charge in [0.2, 0.25) is 11.9 Å². The second-order valence-electron chi connectivity index (χ2n) is 7.59. The number of nitrogens with one attached hydrogen (secondary N) is 2. The molecule has 0 saturated heterocycles. The number of hydrogen-bond donors (Lipinski definition) is 2. The van der Waals surface area contributed by atoms with E-state index in [9.17, 15) is 35.1 Å². The van der Waals surface area contributed by atoms with E-state index in [2.05, 4.69) is 35.5 Å². The molecule has 2 N–H and O–H groups in total. The van der Waals surface area contributed by atoms with E-state index in [1.165, 1.54) is 24.4 Å². The minimum atomic E-state index is -4.86. The van der Waals surface area contributed by atoms with E-state index in [0.29, 0.717) is 5.56 Å². The molecule has 0 bridgehead atoms. The van der Waals surface area contributed by atoms with Crippen molar-refractivity contribution in [2.45, 2.75) is 12.5 Å². The molecule has 0 aliphatic heterocycles. The zero-order valence-electron chi connectivity index (χ0n) is 19.1. The lowest BCUT2D eigenvalue weighted by molar-refractivity contribution is -0.274. The lowest BCUT2D eigenvalue weighted by atomic mass is 10.2. The molecule has 7 nitrogen and oxygen atoms in total. The maximum absolute atomic E-state index is 14.4. The number of halogens is 8. The first kappa shape index (κ1) is 27.2. The maximum Gasteiger partial charge on any atom is 0.573 e. The summed E-state index contributed by atoms with van der Waals surface area (Å²) in [7, 11) is 0. The number of rotatable bonds is 7. The SMILES string of the molecule is Fc1cccc(F)c1-c1nc(NN=Cc2ccc(OC(F)(F)F)cc2)nc(Nc2cccc(C(F)(F)F)c2)n1. The van der Waals surface area contributed by atoms with Gasteiger partial charge in [0.15, 0.2) is 5.82 Å². The van der Waals surface area contributed by atoms with Crippen LogP contribution in [0, 0.1) is 11.6 Å². The van der Waals surface area contributed by atoms with E-state index in [-0.39, 0.29) is 17.6 Å². The largest absolute Gasteiger partial charge is 0.573 e. The highest BCUT2D eigenvalue weighted by Crippen LogP contribution is 2.32. The molecular weight excluding hydrogens is 540 g/mol. The molecule has 1 aromatic heterocycles. The van der Waals surface area contributed by atoms with Crippen LogP contribution < -0.4 is 15.5 Å². The smallest absolute Gasteiger partial charge is 0.406 e. The fourth-order valence-corrected chi connectivity index (χ4v) is 3.13. The molecule has 0 unspecified atom stereocenters. The van der Waals surface area contributed by atoms with Gasteiger partial charge in [-0.15, -0.1) is 13.2 Å². The molecule has 3 aromatic carbocycles. The van der Waals surface area contributed by atoms with Gasteiger partial charge in [-0.3, -0.25) is 0 Å². The van der Waals surface area contributed by atoms with Crippen LogP contribution >= 0.6 is 0 Å². The van der Waals surface area contributed by atoms with Gasteiger partial charge in [-0.2, -0.15) is 33.2 Å². The highest BCUT2D eigenvalue weighted by molar-refractivity contribution is 5.80. The van der Waals surface area contributed by atoms with Crippen molar-refractivity contribution in [2.24, 2.45) is 5.10 Å².